The number of nitrogens with zero attached hydrogens (tertiary/aromatic N) is 1. The average Bonchev–Trinajstić information content (AvgIpc) is 2.95. The van der Waals surface area contributed by atoms with E-state index < -0.39 is 5.60 Å². The molecule has 2 aliphatic carbocycles. The number of carbonyl (C=O) groups excluding carboxylic acids is 2. The van der Waals surface area contributed by atoms with Crippen molar-refractivity contribution in [1.29, 1.82) is 0 Å². The smallest absolute Gasteiger partial charge is 0.233 e. The first-order valence-corrected chi connectivity index (χ1v) is 8.11. The van der Waals surface area contributed by atoms with Crippen molar-refractivity contribution >= 4 is 11.8 Å². The molecule has 0 bridgehead atoms. The number of amides is 2. The molecule has 2 amide bonds. The second-order valence-electron chi connectivity index (χ2n) is 7.01. The van der Waals surface area contributed by atoms with Crippen LogP contribution in [0.5, 0.6) is 0 Å². The lowest BCUT2D eigenvalue weighted by atomic mass is 9.84. The Kier molecular flexibility index (Phi) is 3.61. The number of hydrogen-bond donors (Lipinski definition) is 1. The van der Waals surface area contributed by atoms with Gasteiger partial charge < -0.3 is 5.11 Å². The maximum absolute atomic E-state index is 12.5. The third-order valence-corrected chi connectivity index (χ3v) is 5.64. The summed E-state index contributed by atoms with van der Waals surface area (Å²) in [5.41, 5.74) is -0.827. The second-order valence-corrected chi connectivity index (χ2v) is 7.01. The maximum atomic E-state index is 12.5. The van der Waals surface area contributed by atoms with E-state index >= 15 is 0 Å². The van der Waals surface area contributed by atoms with Crippen LogP contribution in [0.25, 0.3) is 0 Å². The summed E-state index contributed by atoms with van der Waals surface area (Å²) in [6.07, 6.45) is 7.36. The highest BCUT2D eigenvalue weighted by atomic mass is 16.3. The van der Waals surface area contributed by atoms with Crippen molar-refractivity contribution in [1.82, 2.24) is 4.90 Å². The Bertz CT molecular complexity index is 390. The standard InChI is InChI=1S/C16H25NO3/c1-2-11-8-12-13(9-11)15(19)17(14(12)18)10-16(20)6-4-3-5-7-16/h11-13,20H,2-10H2,1H3. The molecule has 4 nitrogen and oxygen atoms in total. The Balaban J connectivity index is 1.70. The zero-order valence-corrected chi connectivity index (χ0v) is 12.3. The van der Waals surface area contributed by atoms with Crippen LogP contribution in [0.4, 0.5) is 0 Å². The fraction of sp³-hybridized carbons (Fsp3) is 0.875. The van der Waals surface area contributed by atoms with E-state index in [4.69, 9.17) is 0 Å². The predicted octanol–water partition coefficient (Wildman–Crippen LogP) is 2.10. The molecule has 2 atom stereocenters. The molecular weight excluding hydrogens is 254 g/mol. The Morgan fingerprint density at radius 2 is 1.65 bits per heavy atom. The highest BCUT2D eigenvalue weighted by Gasteiger charge is 2.53. The highest BCUT2D eigenvalue weighted by molar-refractivity contribution is 6.05. The minimum absolute atomic E-state index is 0.0186. The van der Waals surface area contributed by atoms with E-state index in [0.717, 1.165) is 51.4 Å². The number of hydrogen-bond acceptors (Lipinski definition) is 3. The summed E-state index contributed by atoms with van der Waals surface area (Å²) in [5, 5.41) is 10.6. The fourth-order valence-electron chi connectivity index (χ4n) is 4.35. The van der Waals surface area contributed by atoms with Crippen molar-refractivity contribution in [2.45, 2.75) is 63.9 Å². The largest absolute Gasteiger partial charge is 0.388 e. The summed E-state index contributed by atoms with van der Waals surface area (Å²) >= 11 is 0. The van der Waals surface area contributed by atoms with Gasteiger partial charge in [0.25, 0.3) is 0 Å². The summed E-state index contributed by atoms with van der Waals surface area (Å²) < 4.78 is 0. The molecule has 1 heterocycles. The summed E-state index contributed by atoms with van der Waals surface area (Å²) in [7, 11) is 0. The minimum atomic E-state index is -0.827. The topological polar surface area (TPSA) is 57.6 Å². The Morgan fingerprint density at radius 3 is 2.15 bits per heavy atom. The van der Waals surface area contributed by atoms with Gasteiger partial charge in [-0.1, -0.05) is 32.6 Å². The van der Waals surface area contributed by atoms with Gasteiger partial charge in [0.1, 0.15) is 0 Å². The van der Waals surface area contributed by atoms with E-state index in [2.05, 4.69) is 6.92 Å². The van der Waals surface area contributed by atoms with Crippen LogP contribution in [0.1, 0.15) is 58.3 Å². The van der Waals surface area contributed by atoms with Gasteiger partial charge in [0.2, 0.25) is 11.8 Å². The van der Waals surface area contributed by atoms with Crippen LogP contribution in [-0.4, -0.2) is 34.0 Å². The zero-order valence-electron chi connectivity index (χ0n) is 12.3. The van der Waals surface area contributed by atoms with Gasteiger partial charge in [-0.25, -0.2) is 0 Å². The van der Waals surface area contributed by atoms with Gasteiger partial charge >= 0.3 is 0 Å². The number of imide groups is 1. The van der Waals surface area contributed by atoms with Crippen LogP contribution < -0.4 is 0 Å². The van der Waals surface area contributed by atoms with E-state index in [1.165, 1.54) is 4.90 Å². The number of carbonyl (C=O) groups is 2. The molecule has 1 aliphatic heterocycles. The Labute approximate surface area is 120 Å². The van der Waals surface area contributed by atoms with E-state index in [1.54, 1.807) is 0 Å². The fourth-order valence-corrected chi connectivity index (χ4v) is 4.35. The Hall–Kier alpha value is -0.900. The molecular formula is C16H25NO3. The Morgan fingerprint density at radius 1 is 1.10 bits per heavy atom. The van der Waals surface area contributed by atoms with E-state index in [0.29, 0.717) is 5.92 Å². The summed E-state index contributed by atoms with van der Waals surface area (Å²) in [4.78, 5) is 26.3. The first-order chi connectivity index (χ1) is 9.54. The van der Waals surface area contributed by atoms with Crippen LogP contribution in [0.2, 0.25) is 0 Å². The van der Waals surface area contributed by atoms with Crippen molar-refractivity contribution < 1.29 is 14.7 Å². The van der Waals surface area contributed by atoms with Crippen molar-refractivity contribution in [3.8, 4) is 0 Å². The molecule has 112 valence electrons. The summed E-state index contributed by atoms with van der Waals surface area (Å²) in [5.74, 6) is 0.294. The minimum Gasteiger partial charge on any atom is -0.388 e. The van der Waals surface area contributed by atoms with Crippen molar-refractivity contribution in [3.05, 3.63) is 0 Å². The lowest BCUT2D eigenvalue weighted by molar-refractivity contribution is -0.145. The normalized spacial score (nSPS) is 36.5. The van der Waals surface area contributed by atoms with Crippen molar-refractivity contribution in [2.75, 3.05) is 6.54 Å². The highest BCUT2D eigenvalue weighted by Crippen LogP contribution is 2.45. The van der Waals surface area contributed by atoms with Gasteiger partial charge in [-0.2, -0.15) is 0 Å². The number of β-amino-alcohol motifs (C(OH)–C–C–N with tert-alkyl or cyclic N) is 1. The van der Waals surface area contributed by atoms with Crippen LogP contribution in [0.15, 0.2) is 0 Å². The van der Waals surface area contributed by atoms with Gasteiger partial charge in [0.05, 0.1) is 24.0 Å². The van der Waals surface area contributed by atoms with Crippen LogP contribution in [-0.2, 0) is 9.59 Å². The SMILES string of the molecule is CCC1CC2C(=O)N(CC3(O)CCCCC3)C(=O)C2C1. The molecule has 4 heteroatoms. The third-order valence-electron chi connectivity index (χ3n) is 5.64. The van der Waals surface area contributed by atoms with Crippen LogP contribution >= 0.6 is 0 Å². The molecule has 0 radical (unpaired) electrons. The summed E-state index contributed by atoms with van der Waals surface area (Å²) in [6.45, 7) is 2.36. The first kappa shape index (κ1) is 14.1. The molecule has 2 unspecified atom stereocenters. The number of rotatable bonds is 3. The van der Waals surface area contributed by atoms with E-state index in [1.807, 2.05) is 0 Å². The van der Waals surface area contributed by atoms with Gasteiger partial charge in [-0.15, -0.1) is 0 Å². The average molecular weight is 279 g/mol. The third kappa shape index (κ3) is 2.28. The van der Waals surface area contributed by atoms with Crippen LogP contribution in [0.3, 0.4) is 0 Å². The molecule has 20 heavy (non-hydrogen) atoms. The molecule has 0 aromatic rings. The van der Waals surface area contributed by atoms with Gasteiger partial charge in [0, 0.05) is 0 Å². The zero-order chi connectivity index (χ0) is 14.3. The monoisotopic (exact) mass is 279 g/mol. The second kappa shape index (κ2) is 5.14. The van der Waals surface area contributed by atoms with Crippen LogP contribution in [0, 0.1) is 17.8 Å². The van der Waals surface area contributed by atoms with Crippen molar-refractivity contribution in [3.63, 3.8) is 0 Å². The molecule has 3 aliphatic rings. The van der Waals surface area contributed by atoms with Gasteiger partial charge in [-0.05, 0) is 31.6 Å². The molecule has 3 rings (SSSR count). The quantitative estimate of drug-likeness (QED) is 0.805. The van der Waals surface area contributed by atoms with E-state index in [-0.39, 0.29) is 30.2 Å². The molecule has 3 fully saturated rings. The predicted molar refractivity (Wildman–Crippen MR) is 74.7 cm³/mol. The van der Waals surface area contributed by atoms with Gasteiger partial charge in [0.15, 0.2) is 0 Å². The molecule has 0 aromatic heterocycles. The van der Waals surface area contributed by atoms with Gasteiger partial charge in [-0.3, -0.25) is 14.5 Å². The van der Waals surface area contributed by atoms with E-state index in [9.17, 15) is 14.7 Å². The summed E-state index contributed by atoms with van der Waals surface area (Å²) in [6, 6.07) is 0. The maximum Gasteiger partial charge on any atom is 0.233 e. The lowest BCUT2D eigenvalue weighted by Crippen LogP contribution is -2.47. The number of fused-ring (bicyclic) bond motifs is 1. The van der Waals surface area contributed by atoms with Crippen molar-refractivity contribution in [2.24, 2.45) is 17.8 Å². The molecule has 1 N–H and O–H groups in total. The lowest BCUT2D eigenvalue weighted by Gasteiger charge is -2.35. The number of aliphatic hydroxyl groups is 1. The number of likely N-dealkylation sites (tertiary alicyclic amines) is 1. The molecule has 0 aromatic carbocycles. The first-order valence-electron chi connectivity index (χ1n) is 8.11. The molecule has 2 saturated carbocycles. The molecule has 1 saturated heterocycles. The molecule has 0 spiro atoms.